The van der Waals surface area contributed by atoms with Crippen molar-refractivity contribution in [2.45, 2.75) is 11.8 Å². The maximum absolute atomic E-state index is 13.9. The van der Waals surface area contributed by atoms with Crippen molar-refractivity contribution >= 4 is 21.8 Å². The molecule has 7 nitrogen and oxygen atoms in total. The second kappa shape index (κ2) is 7.63. The van der Waals surface area contributed by atoms with Crippen molar-refractivity contribution in [2.24, 2.45) is 0 Å². The Balaban J connectivity index is 2.17. The largest absolute Gasteiger partial charge is 0.272 e. The first-order valence-corrected chi connectivity index (χ1v) is 8.96. The van der Waals surface area contributed by atoms with E-state index in [4.69, 9.17) is 0 Å². The third-order valence-corrected chi connectivity index (χ3v) is 5.38. The van der Waals surface area contributed by atoms with E-state index in [1.54, 1.807) is 24.3 Å². The van der Waals surface area contributed by atoms with Crippen LogP contribution in [0.25, 0.3) is 0 Å². The standard InChI is InChI=1S/C17H18FN3O4S/c1-11-4-6-12(7-5-11)16(22)19-20-17(23)14-10-13(8-9-15(14)18)26(24,25)21(2)3/h4-10H,1-3H3,(H,19,22)(H,20,23). The Bertz CT molecular complexity index is 941. The molecule has 2 aromatic carbocycles. The number of benzene rings is 2. The van der Waals surface area contributed by atoms with Crippen LogP contribution in [0.1, 0.15) is 26.3 Å². The summed E-state index contributed by atoms with van der Waals surface area (Å²) < 4.78 is 39.1. The van der Waals surface area contributed by atoms with E-state index in [2.05, 4.69) is 10.9 Å². The maximum atomic E-state index is 13.9. The molecular weight excluding hydrogens is 361 g/mol. The normalized spacial score (nSPS) is 11.3. The van der Waals surface area contributed by atoms with Crippen molar-refractivity contribution in [3.63, 3.8) is 0 Å². The lowest BCUT2D eigenvalue weighted by atomic mass is 10.1. The molecule has 2 N–H and O–H groups in total. The second-order valence-corrected chi connectivity index (χ2v) is 7.86. The van der Waals surface area contributed by atoms with E-state index in [0.717, 1.165) is 28.1 Å². The molecule has 2 amide bonds. The van der Waals surface area contributed by atoms with Gasteiger partial charge in [-0.15, -0.1) is 0 Å². The van der Waals surface area contributed by atoms with Gasteiger partial charge in [-0.1, -0.05) is 17.7 Å². The zero-order valence-electron chi connectivity index (χ0n) is 14.4. The van der Waals surface area contributed by atoms with Gasteiger partial charge in [-0.25, -0.2) is 17.1 Å². The van der Waals surface area contributed by atoms with Gasteiger partial charge in [-0.2, -0.15) is 0 Å². The third kappa shape index (κ3) is 4.24. The minimum atomic E-state index is -3.83. The zero-order chi connectivity index (χ0) is 19.5. The van der Waals surface area contributed by atoms with Crippen molar-refractivity contribution in [2.75, 3.05) is 14.1 Å². The Hall–Kier alpha value is -2.78. The lowest BCUT2D eigenvalue weighted by Gasteiger charge is -2.13. The summed E-state index contributed by atoms with van der Waals surface area (Å²) in [5.41, 5.74) is 5.00. The van der Waals surface area contributed by atoms with Crippen LogP contribution in [0.3, 0.4) is 0 Å². The molecule has 0 fully saturated rings. The molecule has 0 heterocycles. The summed E-state index contributed by atoms with van der Waals surface area (Å²) in [5.74, 6) is -2.47. The summed E-state index contributed by atoms with van der Waals surface area (Å²) in [4.78, 5) is 23.9. The SMILES string of the molecule is Cc1ccc(C(=O)NNC(=O)c2cc(S(=O)(=O)N(C)C)ccc2F)cc1. The topological polar surface area (TPSA) is 95.6 Å². The molecule has 0 spiro atoms. The van der Waals surface area contributed by atoms with Gasteiger partial charge in [0, 0.05) is 19.7 Å². The van der Waals surface area contributed by atoms with Gasteiger partial charge in [0.25, 0.3) is 11.8 Å². The molecule has 0 aliphatic rings. The molecule has 0 bridgehead atoms. The fourth-order valence-corrected chi connectivity index (χ4v) is 2.94. The number of hydrogen-bond acceptors (Lipinski definition) is 4. The predicted octanol–water partition coefficient (Wildman–Crippen LogP) is 1.46. The molecule has 0 saturated carbocycles. The number of nitrogens with zero attached hydrogens (tertiary/aromatic N) is 1. The highest BCUT2D eigenvalue weighted by Gasteiger charge is 2.21. The van der Waals surface area contributed by atoms with Crippen LogP contribution in [0.2, 0.25) is 0 Å². The summed E-state index contributed by atoms with van der Waals surface area (Å²) in [5, 5.41) is 0. The summed E-state index contributed by atoms with van der Waals surface area (Å²) in [6.45, 7) is 1.86. The molecule has 0 radical (unpaired) electrons. The van der Waals surface area contributed by atoms with Crippen LogP contribution in [0.15, 0.2) is 47.4 Å². The van der Waals surface area contributed by atoms with Gasteiger partial charge in [0.2, 0.25) is 10.0 Å². The number of rotatable bonds is 4. The number of amides is 2. The van der Waals surface area contributed by atoms with E-state index in [0.29, 0.717) is 5.56 Å². The first-order chi connectivity index (χ1) is 12.1. The smallest absolute Gasteiger partial charge is 0.267 e. The van der Waals surface area contributed by atoms with Gasteiger partial charge in [0.15, 0.2) is 0 Å². The van der Waals surface area contributed by atoms with Crippen LogP contribution in [0.5, 0.6) is 0 Å². The van der Waals surface area contributed by atoms with Crippen LogP contribution in [-0.4, -0.2) is 38.6 Å². The Morgan fingerprint density at radius 1 is 0.962 bits per heavy atom. The molecular formula is C17H18FN3O4S. The number of aryl methyl sites for hydroxylation is 1. The lowest BCUT2D eigenvalue weighted by Crippen LogP contribution is -2.42. The fourth-order valence-electron chi connectivity index (χ4n) is 2.01. The molecule has 2 rings (SSSR count). The minimum Gasteiger partial charge on any atom is -0.267 e. The van der Waals surface area contributed by atoms with Crippen molar-refractivity contribution in [3.8, 4) is 0 Å². The van der Waals surface area contributed by atoms with Crippen LogP contribution in [0, 0.1) is 12.7 Å². The molecule has 0 aromatic heterocycles. The average Bonchev–Trinajstić information content (AvgIpc) is 2.60. The van der Waals surface area contributed by atoms with E-state index < -0.39 is 33.2 Å². The minimum absolute atomic E-state index is 0.237. The molecule has 0 atom stereocenters. The predicted molar refractivity (Wildman–Crippen MR) is 93.4 cm³/mol. The zero-order valence-corrected chi connectivity index (χ0v) is 15.2. The fraction of sp³-hybridized carbons (Fsp3) is 0.176. The number of halogens is 1. The van der Waals surface area contributed by atoms with Crippen molar-refractivity contribution in [3.05, 3.63) is 65.0 Å². The quantitative estimate of drug-likeness (QED) is 0.786. The van der Waals surface area contributed by atoms with E-state index in [-0.39, 0.29) is 4.90 Å². The van der Waals surface area contributed by atoms with Crippen LogP contribution in [0.4, 0.5) is 4.39 Å². The van der Waals surface area contributed by atoms with Gasteiger partial charge in [0.05, 0.1) is 10.5 Å². The van der Waals surface area contributed by atoms with E-state index >= 15 is 0 Å². The summed E-state index contributed by atoms with van der Waals surface area (Å²) in [7, 11) is -1.19. The third-order valence-electron chi connectivity index (χ3n) is 3.56. The van der Waals surface area contributed by atoms with Crippen LogP contribution >= 0.6 is 0 Å². The monoisotopic (exact) mass is 379 g/mol. The van der Waals surface area contributed by atoms with E-state index in [9.17, 15) is 22.4 Å². The number of carbonyl (C=O) groups is 2. The van der Waals surface area contributed by atoms with Crippen molar-refractivity contribution in [1.82, 2.24) is 15.2 Å². The number of hydrazine groups is 1. The molecule has 0 unspecified atom stereocenters. The molecule has 2 aromatic rings. The Kier molecular flexibility index (Phi) is 5.73. The number of carbonyl (C=O) groups excluding carboxylic acids is 2. The molecule has 26 heavy (non-hydrogen) atoms. The van der Waals surface area contributed by atoms with Crippen LogP contribution in [-0.2, 0) is 10.0 Å². The lowest BCUT2D eigenvalue weighted by molar-refractivity contribution is 0.0844. The van der Waals surface area contributed by atoms with Gasteiger partial charge in [-0.3, -0.25) is 20.4 Å². The highest BCUT2D eigenvalue weighted by molar-refractivity contribution is 7.89. The highest BCUT2D eigenvalue weighted by atomic mass is 32.2. The van der Waals surface area contributed by atoms with E-state index in [1.165, 1.54) is 14.1 Å². The highest BCUT2D eigenvalue weighted by Crippen LogP contribution is 2.17. The first kappa shape index (κ1) is 19.5. The maximum Gasteiger partial charge on any atom is 0.272 e. The van der Waals surface area contributed by atoms with Gasteiger partial charge in [0.1, 0.15) is 5.82 Å². The summed E-state index contributed by atoms with van der Waals surface area (Å²) in [6.07, 6.45) is 0. The molecule has 0 aliphatic carbocycles. The van der Waals surface area contributed by atoms with Crippen molar-refractivity contribution in [1.29, 1.82) is 0 Å². The van der Waals surface area contributed by atoms with Gasteiger partial charge in [-0.05, 0) is 37.3 Å². The van der Waals surface area contributed by atoms with Gasteiger partial charge >= 0.3 is 0 Å². The van der Waals surface area contributed by atoms with E-state index in [1.807, 2.05) is 6.92 Å². The Morgan fingerprint density at radius 3 is 2.12 bits per heavy atom. The molecule has 0 aliphatic heterocycles. The van der Waals surface area contributed by atoms with Gasteiger partial charge < -0.3 is 0 Å². The number of hydrogen-bond donors (Lipinski definition) is 2. The Morgan fingerprint density at radius 2 is 1.54 bits per heavy atom. The van der Waals surface area contributed by atoms with Crippen molar-refractivity contribution < 1.29 is 22.4 Å². The first-order valence-electron chi connectivity index (χ1n) is 7.52. The Labute approximate surface area is 150 Å². The number of nitrogens with one attached hydrogen (secondary N) is 2. The second-order valence-electron chi connectivity index (χ2n) is 5.70. The molecule has 0 saturated heterocycles. The average molecular weight is 379 g/mol. The summed E-state index contributed by atoms with van der Waals surface area (Å²) >= 11 is 0. The summed E-state index contributed by atoms with van der Waals surface area (Å²) in [6, 6.07) is 9.46. The number of sulfonamides is 1. The molecule has 9 heteroatoms. The van der Waals surface area contributed by atoms with Crippen LogP contribution < -0.4 is 10.9 Å². The molecule has 138 valence electrons.